The highest BCUT2D eigenvalue weighted by Crippen LogP contribution is 2.20. The third kappa shape index (κ3) is 27.6. The van der Waals surface area contributed by atoms with Crippen LogP contribution in [0.25, 0.3) is 0 Å². The molecule has 0 aromatic rings. The minimum Gasteiger partial charge on any atom is -0.462 e. The molecular formula is C38H74O2. The quantitative estimate of drug-likeness (QED) is 0.123. The Morgan fingerprint density at radius 1 is 0.425 bits per heavy atom. The molecule has 0 atom stereocenters. The Hall–Kier alpha value is -0.530. The van der Waals surface area contributed by atoms with Crippen LogP contribution in [0.1, 0.15) is 232 Å². The molecule has 0 aliphatic heterocycles. The Kier molecular flexibility index (Phi) is 29.4. The number of carbonyl (C=O) groups is 1. The summed E-state index contributed by atoms with van der Waals surface area (Å²) in [4.78, 5) is 12.6. The molecule has 40 heavy (non-hydrogen) atoms. The molecule has 238 valence electrons. The van der Waals surface area contributed by atoms with Crippen molar-refractivity contribution >= 4 is 5.97 Å². The van der Waals surface area contributed by atoms with Gasteiger partial charge in [-0.1, -0.05) is 193 Å². The number of hydrogen-bond acceptors (Lipinski definition) is 2. The Labute approximate surface area is 253 Å². The Morgan fingerprint density at radius 2 is 0.700 bits per heavy atom. The summed E-state index contributed by atoms with van der Waals surface area (Å²) in [7, 11) is 0. The van der Waals surface area contributed by atoms with Crippen molar-refractivity contribution in [1.82, 2.24) is 0 Å². The minimum absolute atomic E-state index is 0.0776. The molecule has 2 heteroatoms. The fourth-order valence-electron chi connectivity index (χ4n) is 6.54. The van der Waals surface area contributed by atoms with Crippen molar-refractivity contribution in [3.8, 4) is 0 Å². The zero-order valence-electron chi connectivity index (χ0n) is 27.6. The van der Waals surface area contributed by atoms with Crippen molar-refractivity contribution in [3.05, 3.63) is 0 Å². The first-order chi connectivity index (χ1) is 19.8. The molecule has 1 aliphatic carbocycles. The summed E-state index contributed by atoms with van der Waals surface area (Å²) in [5.74, 6) is 0.0776. The summed E-state index contributed by atoms with van der Waals surface area (Å²) in [6.07, 6.45) is 47.0. The van der Waals surface area contributed by atoms with Crippen LogP contribution in [0.4, 0.5) is 0 Å². The van der Waals surface area contributed by atoms with Crippen molar-refractivity contribution in [3.63, 3.8) is 0 Å². The van der Waals surface area contributed by atoms with Crippen molar-refractivity contribution in [2.45, 2.75) is 238 Å². The molecule has 0 aromatic heterocycles. The average Bonchev–Trinajstić information content (AvgIpc) is 2.95. The zero-order valence-corrected chi connectivity index (χ0v) is 27.6. The molecule has 0 aromatic carbocycles. The van der Waals surface area contributed by atoms with E-state index in [0.717, 1.165) is 19.3 Å². The Bertz CT molecular complexity index is 482. The van der Waals surface area contributed by atoms with E-state index in [1.54, 1.807) is 0 Å². The second-order valence-corrected chi connectivity index (χ2v) is 13.4. The average molecular weight is 563 g/mol. The van der Waals surface area contributed by atoms with Gasteiger partial charge < -0.3 is 4.74 Å². The summed E-state index contributed by atoms with van der Waals surface area (Å²) in [5, 5.41) is 0. The van der Waals surface area contributed by atoms with Gasteiger partial charge in [0, 0.05) is 6.42 Å². The molecular weight excluding hydrogens is 488 g/mol. The van der Waals surface area contributed by atoms with Crippen LogP contribution < -0.4 is 0 Å². The van der Waals surface area contributed by atoms with Crippen molar-refractivity contribution in [1.29, 1.82) is 0 Å². The first kappa shape index (κ1) is 37.5. The predicted octanol–water partition coefficient (Wildman–Crippen LogP) is 13.6. The van der Waals surface area contributed by atoms with Crippen LogP contribution in [-0.2, 0) is 9.53 Å². The molecule has 1 saturated carbocycles. The van der Waals surface area contributed by atoms with Crippen LogP contribution in [0.3, 0.4) is 0 Å². The molecule has 0 heterocycles. The van der Waals surface area contributed by atoms with E-state index in [-0.39, 0.29) is 12.1 Å². The largest absolute Gasteiger partial charge is 0.462 e. The molecule has 0 bridgehead atoms. The van der Waals surface area contributed by atoms with Gasteiger partial charge in [-0.3, -0.25) is 4.79 Å². The lowest BCUT2D eigenvalue weighted by Crippen LogP contribution is -2.18. The van der Waals surface area contributed by atoms with Gasteiger partial charge in [-0.2, -0.15) is 0 Å². The minimum atomic E-state index is 0.0776. The lowest BCUT2D eigenvalue weighted by atomic mass is 10.0. The third-order valence-corrected chi connectivity index (χ3v) is 9.33. The fourth-order valence-corrected chi connectivity index (χ4v) is 6.54. The normalized spacial score (nSPS) is 18.0. The first-order valence-electron chi connectivity index (χ1n) is 19.0. The van der Waals surface area contributed by atoms with Gasteiger partial charge in [0.15, 0.2) is 0 Å². The smallest absolute Gasteiger partial charge is 0.306 e. The third-order valence-electron chi connectivity index (χ3n) is 9.33. The summed E-state index contributed by atoms with van der Waals surface area (Å²) in [6.45, 7) is 2.30. The molecule has 0 unspecified atom stereocenters. The van der Waals surface area contributed by atoms with Crippen molar-refractivity contribution in [2.24, 2.45) is 0 Å². The molecule has 1 aliphatic rings. The van der Waals surface area contributed by atoms with Crippen LogP contribution >= 0.6 is 0 Å². The van der Waals surface area contributed by atoms with E-state index in [0.29, 0.717) is 6.42 Å². The number of rotatable bonds is 18. The highest BCUT2D eigenvalue weighted by atomic mass is 16.5. The van der Waals surface area contributed by atoms with Gasteiger partial charge in [0.2, 0.25) is 0 Å². The number of ether oxygens (including phenoxy) is 1. The SMILES string of the molecule is CCCCCCCCCCCCCCCCCCC(=O)OC1CCCCCCCCCCCCCCCCCC1. The molecule has 1 rings (SSSR count). The maximum absolute atomic E-state index is 12.6. The monoisotopic (exact) mass is 563 g/mol. The van der Waals surface area contributed by atoms with Crippen LogP contribution in [0.5, 0.6) is 0 Å². The predicted molar refractivity (Wildman–Crippen MR) is 177 cm³/mol. The van der Waals surface area contributed by atoms with E-state index in [9.17, 15) is 4.79 Å². The first-order valence-corrected chi connectivity index (χ1v) is 19.0. The van der Waals surface area contributed by atoms with Crippen molar-refractivity contribution in [2.75, 3.05) is 0 Å². The second-order valence-electron chi connectivity index (χ2n) is 13.4. The van der Waals surface area contributed by atoms with Crippen LogP contribution in [-0.4, -0.2) is 12.1 Å². The lowest BCUT2D eigenvalue weighted by Gasteiger charge is -2.18. The lowest BCUT2D eigenvalue weighted by molar-refractivity contribution is -0.150. The molecule has 0 radical (unpaired) electrons. The topological polar surface area (TPSA) is 26.3 Å². The summed E-state index contributed by atoms with van der Waals surface area (Å²) in [6, 6.07) is 0. The van der Waals surface area contributed by atoms with Gasteiger partial charge in [0.05, 0.1) is 0 Å². The van der Waals surface area contributed by atoms with Gasteiger partial charge in [-0.05, 0) is 32.1 Å². The van der Waals surface area contributed by atoms with E-state index in [4.69, 9.17) is 4.74 Å². The van der Waals surface area contributed by atoms with Crippen LogP contribution in [0.15, 0.2) is 0 Å². The summed E-state index contributed by atoms with van der Waals surface area (Å²) in [5.41, 5.74) is 0. The maximum Gasteiger partial charge on any atom is 0.306 e. The van der Waals surface area contributed by atoms with E-state index >= 15 is 0 Å². The van der Waals surface area contributed by atoms with Gasteiger partial charge in [-0.25, -0.2) is 0 Å². The number of hydrogen-bond donors (Lipinski definition) is 0. The molecule has 1 fully saturated rings. The number of unbranched alkanes of at least 4 members (excludes halogenated alkanes) is 15. The fraction of sp³-hybridized carbons (Fsp3) is 0.974. The molecule has 0 N–H and O–H groups in total. The molecule has 2 nitrogen and oxygen atoms in total. The van der Waals surface area contributed by atoms with E-state index in [1.165, 1.54) is 199 Å². The standard InChI is InChI=1S/C38H74O2/c1-2-3-4-5-6-7-8-9-10-15-18-21-24-27-30-33-36-38(39)40-37-34-31-28-25-22-19-16-13-11-12-14-17-20-23-26-29-32-35-37/h37H,2-36H2,1H3. The van der Waals surface area contributed by atoms with E-state index in [2.05, 4.69) is 6.92 Å². The number of carbonyl (C=O) groups excluding carboxylic acids is 1. The zero-order chi connectivity index (χ0) is 28.6. The van der Waals surface area contributed by atoms with E-state index in [1.807, 2.05) is 0 Å². The van der Waals surface area contributed by atoms with Gasteiger partial charge in [-0.15, -0.1) is 0 Å². The van der Waals surface area contributed by atoms with Gasteiger partial charge in [0.25, 0.3) is 0 Å². The Morgan fingerprint density at radius 3 is 1.02 bits per heavy atom. The highest BCUT2D eigenvalue weighted by Gasteiger charge is 2.14. The van der Waals surface area contributed by atoms with E-state index < -0.39 is 0 Å². The molecule has 0 spiro atoms. The Balaban J connectivity index is 2.04. The highest BCUT2D eigenvalue weighted by molar-refractivity contribution is 5.69. The van der Waals surface area contributed by atoms with Gasteiger partial charge in [0.1, 0.15) is 6.10 Å². The van der Waals surface area contributed by atoms with Crippen LogP contribution in [0.2, 0.25) is 0 Å². The second kappa shape index (κ2) is 31.4. The molecule has 0 amide bonds. The maximum atomic E-state index is 12.6. The van der Waals surface area contributed by atoms with Crippen molar-refractivity contribution < 1.29 is 9.53 Å². The molecule has 0 saturated heterocycles. The van der Waals surface area contributed by atoms with Crippen LogP contribution in [0, 0.1) is 0 Å². The van der Waals surface area contributed by atoms with Gasteiger partial charge >= 0.3 is 5.97 Å². The number of esters is 1. The summed E-state index contributed by atoms with van der Waals surface area (Å²) >= 11 is 0. The summed E-state index contributed by atoms with van der Waals surface area (Å²) < 4.78 is 6.03.